The zero-order valence-corrected chi connectivity index (χ0v) is 34.1. The van der Waals surface area contributed by atoms with Crippen LogP contribution in [-0.4, -0.2) is 30.1 Å². The standard InChI is InChI=1S/C40H30N4.Ac.H3O5P/c1-21-33-25-13-5-7-15-27(25)35(41-33)22(2)37-29-17-9-11-19-31(29)39(43-37)24(4)40-32-20-12-10-18-30(32)38(44-40)23(3)36-28-16-8-6-14-26(28)34(21)42-36;;1-3-4-5-6-2/h5-20,41,44H,1-4H3;;1-2,6H. The first kappa shape index (κ1) is 35.6. The van der Waals surface area contributed by atoms with Crippen LogP contribution in [0.15, 0.2) is 97.1 Å². The van der Waals surface area contributed by atoms with Crippen LogP contribution in [0.25, 0.3) is 88.6 Å². The number of aromatic amines is 2. The summed E-state index contributed by atoms with van der Waals surface area (Å²) in [6.07, 6.45) is 0. The summed E-state index contributed by atoms with van der Waals surface area (Å²) < 4.78 is 3.59. The second kappa shape index (κ2) is 14.7. The van der Waals surface area contributed by atoms with Crippen molar-refractivity contribution in [2.45, 2.75) is 27.7 Å². The van der Waals surface area contributed by atoms with Gasteiger partial charge in [-0.2, -0.15) is 4.67 Å². The largest absolute Gasteiger partial charge is 0.354 e. The molecular formula is C40H33AcN4O5P. The minimum atomic E-state index is -0.843. The monoisotopic (exact) mass is 907 g/mol. The molecule has 0 fully saturated rings. The van der Waals surface area contributed by atoms with E-state index in [2.05, 4.69) is 149 Å². The van der Waals surface area contributed by atoms with Crippen LogP contribution in [0.2, 0.25) is 0 Å². The van der Waals surface area contributed by atoms with Gasteiger partial charge in [0.05, 0.1) is 44.8 Å². The van der Waals surface area contributed by atoms with Crippen molar-refractivity contribution < 1.29 is 69.0 Å². The quantitative estimate of drug-likeness (QED) is 0.0602. The molecule has 2 aliphatic rings. The molecule has 0 saturated heterocycles. The normalized spacial score (nSPS) is 11.7. The number of aromatic nitrogens is 4. The number of H-pyrrole nitrogens is 2. The summed E-state index contributed by atoms with van der Waals surface area (Å²) >= 11 is 0. The topological polar surface area (TPSA) is 126 Å². The van der Waals surface area contributed by atoms with Crippen LogP contribution in [-0.2, 0) is 14.8 Å². The van der Waals surface area contributed by atoms with Crippen LogP contribution in [0.3, 0.4) is 0 Å². The molecule has 4 aromatic carbocycles. The second-order valence-electron chi connectivity index (χ2n) is 12.4. The van der Waals surface area contributed by atoms with Crippen LogP contribution in [0, 0.1) is 71.8 Å². The van der Waals surface area contributed by atoms with Crippen molar-refractivity contribution in [3.05, 3.63) is 119 Å². The first-order valence-electron chi connectivity index (χ1n) is 16.1. The molecule has 9 nitrogen and oxygen atoms in total. The summed E-state index contributed by atoms with van der Waals surface area (Å²) in [7, 11) is -0.843. The fourth-order valence-electron chi connectivity index (χ4n) is 7.44. The van der Waals surface area contributed by atoms with Gasteiger partial charge >= 0.3 is 0 Å². The van der Waals surface area contributed by atoms with Crippen LogP contribution >= 0.6 is 9.03 Å². The van der Waals surface area contributed by atoms with E-state index in [1.165, 1.54) is 21.5 Å². The summed E-state index contributed by atoms with van der Waals surface area (Å²) in [5.41, 5.74) is 17.6. The summed E-state index contributed by atoms with van der Waals surface area (Å²) in [5, 5.41) is 18.2. The van der Waals surface area contributed by atoms with Crippen molar-refractivity contribution >= 4 is 52.6 Å². The van der Waals surface area contributed by atoms with Crippen LogP contribution in [0.4, 0.5) is 0 Å². The number of aryl methyl sites for hydroxylation is 4. The molecule has 1 unspecified atom stereocenters. The van der Waals surface area contributed by atoms with Gasteiger partial charge in [-0.25, -0.2) is 15.2 Å². The fraction of sp³-hybridized carbons (Fsp3) is 0.100. The first-order chi connectivity index (χ1) is 24.4. The maximum atomic E-state index is 7.69. The third kappa shape index (κ3) is 5.94. The van der Waals surface area contributed by atoms with Gasteiger partial charge in [0.1, 0.15) is 0 Å². The van der Waals surface area contributed by atoms with Gasteiger partial charge < -0.3 is 14.9 Å². The molecule has 3 aromatic heterocycles. The molecule has 0 aliphatic carbocycles. The molecule has 9 rings (SSSR count). The molecule has 1 atom stereocenters. The van der Waals surface area contributed by atoms with Gasteiger partial charge in [0.25, 0.3) is 0 Å². The van der Waals surface area contributed by atoms with Crippen molar-refractivity contribution in [3.8, 4) is 45.0 Å². The predicted molar refractivity (Wildman–Crippen MR) is 200 cm³/mol. The SMILES string of the molecule is Cc1c2nc(c(C)c3[nH]c(c(C)c4nc(c(C)c5[nH]c1c1ccccc51)-c1ccccc1-4)c1ccccc31)-c1ccccc1-2.OOOOPO.[Ac]. The van der Waals surface area contributed by atoms with Crippen molar-refractivity contribution in [3.63, 3.8) is 0 Å². The van der Waals surface area contributed by atoms with E-state index in [9.17, 15) is 0 Å². The van der Waals surface area contributed by atoms with Gasteiger partial charge in [-0.3, -0.25) is 0 Å². The molecule has 51 heavy (non-hydrogen) atoms. The van der Waals surface area contributed by atoms with Crippen LogP contribution < -0.4 is 0 Å². The average molecular weight is 908 g/mol. The second-order valence-corrected chi connectivity index (χ2v) is 12.7. The van der Waals surface area contributed by atoms with E-state index in [0.717, 1.165) is 89.4 Å². The Hall–Kier alpha value is -3.81. The Labute approximate surface area is 331 Å². The molecule has 251 valence electrons. The minimum Gasteiger partial charge on any atom is -0.354 e. The molecule has 1 radical (unpaired) electrons. The Morgan fingerprint density at radius 2 is 0.765 bits per heavy atom. The number of hydrogen-bond donors (Lipinski definition) is 4. The van der Waals surface area contributed by atoms with Crippen molar-refractivity contribution in [1.29, 1.82) is 0 Å². The van der Waals surface area contributed by atoms with E-state index >= 15 is 0 Å². The van der Waals surface area contributed by atoms with Gasteiger partial charge in [0.2, 0.25) is 0 Å². The number of fused-ring (bicyclic) bond motifs is 20. The van der Waals surface area contributed by atoms with E-state index in [0.29, 0.717) is 0 Å². The molecule has 0 saturated carbocycles. The maximum Gasteiger partial charge on any atom is 0.195 e. The third-order valence-corrected chi connectivity index (χ3v) is 9.92. The molecule has 2 aliphatic heterocycles. The number of rotatable bonds is 3. The van der Waals surface area contributed by atoms with E-state index in [1.807, 2.05) is 0 Å². The summed E-state index contributed by atoms with van der Waals surface area (Å²) in [5.74, 6) is 0. The maximum absolute atomic E-state index is 7.69. The number of nitrogens with zero attached hydrogens (tertiary/aromatic N) is 2. The van der Waals surface area contributed by atoms with Gasteiger partial charge in [0, 0.05) is 87.9 Å². The summed E-state index contributed by atoms with van der Waals surface area (Å²) in [4.78, 5) is 26.3. The molecule has 7 aromatic rings. The number of hydrogen-bond acceptors (Lipinski definition) is 7. The first-order valence-corrected chi connectivity index (χ1v) is 17.0. The van der Waals surface area contributed by atoms with Crippen molar-refractivity contribution in [1.82, 2.24) is 19.9 Å². The predicted octanol–water partition coefficient (Wildman–Crippen LogP) is 10.4. The van der Waals surface area contributed by atoms with E-state index < -0.39 is 9.03 Å². The van der Waals surface area contributed by atoms with E-state index in [1.54, 1.807) is 0 Å². The van der Waals surface area contributed by atoms with Crippen molar-refractivity contribution in [2.24, 2.45) is 0 Å². The Kier molecular flexibility index (Phi) is 10.2. The summed E-state index contributed by atoms with van der Waals surface area (Å²) in [6.45, 7) is 8.79. The van der Waals surface area contributed by atoms with Crippen LogP contribution in [0.1, 0.15) is 22.3 Å². The smallest absolute Gasteiger partial charge is 0.195 e. The van der Waals surface area contributed by atoms with Crippen molar-refractivity contribution in [2.75, 3.05) is 0 Å². The molecule has 5 heterocycles. The van der Waals surface area contributed by atoms with Gasteiger partial charge in [-0.15, -0.1) is 0 Å². The molecule has 11 heteroatoms. The van der Waals surface area contributed by atoms with Gasteiger partial charge in [0.15, 0.2) is 9.03 Å². The molecular weight excluding hydrogens is 874 g/mol. The molecule has 0 amide bonds. The van der Waals surface area contributed by atoms with E-state index in [4.69, 9.17) is 20.1 Å². The van der Waals surface area contributed by atoms with E-state index in [-0.39, 0.29) is 44.1 Å². The minimum absolute atomic E-state index is 0. The average Bonchev–Trinajstić information content (AvgIpc) is 3.94. The Balaban J connectivity index is 0.000000537. The molecule has 4 N–H and O–H groups in total. The molecule has 8 bridgehead atoms. The fourth-order valence-corrected chi connectivity index (χ4v) is 7.51. The summed E-state index contributed by atoms with van der Waals surface area (Å²) in [6, 6.07) is 34.6. The Bertz CT molecular complexity index is 2300. The zero-order chi connectivity index (χ0) is 34.5. The van der Waals surface area contributed by atoms with Gasteiger partial charge in [-0.1, -0.05) is 97.1 Å². The third-order valence-electron chi connectivity index (χ3n) is 9.78. The number of nitrogens with one attached hydrogen (secondary N) is 2. The number of benzene rings is 4. The van der Waals surface area contributed by atoms with Gasteiger partial charge in [-0.05, 0) is 60.0 Å². The molecule has 0 spiro atoms. The van der Waals surface area contributed by atoms with Crippen LogP contribution in [0.5, 0.6) is 0 Å². The Morgan fingerprint density at radius 3 is 1.00 bits per heavy atom. The zero-order valence-electron chi connectivity index (χ0n) is 28.3. The Morgan fingerprint density at radius 1 is 0.490 bits per heavy atom.